The number of nitrogens with zero attached hydrogens (tertiary/aromatic N) is 3. The number of nitrogens with one attached hydrogen (secondary N) is 1. The first-order valence-corrected chi connectivity index (χ1v) is 5.14. The number of H-pyrrole nitrogens is 1. The largest absolute Gasteiger partial charge is 0.480 e. The van der Waals surface area contributed by atoms with Crippen molar-refractivity contribution < 1.29 is 4.74 Å². The van der Waals surface area contributed by atoms with Crippen molar-refractivity contribution in [3.8, 4) is 17.3 Å². The summed E-state index contributed by atoms with van der Waals surface area (Å²) in [5, 5.41) is 7.07. The number of methoxy groups -OCH3 is 1. The molecule has 0 radical (unpaired) electrons. The van der Waals surface area contributed by atoms with E-state index in [0.717, 1.165) is 11.4 Å². The van der Waals surface area contributed by atoms with Crippen LogP contribution in [0.1, 0.15) is 25.6 Å². The SMILES string of the molecule is COc1ncccc1-c1n[nH]c(C(C)C)n1. The summed E-state index contributed by atoms with van der Waals surface area (Å²) < 4.78 is 5.16. The second-order valence-electron chi connectivity index (χ2n) is 3.76. The molecule has 5 nitrogen and oxygen atoms in total. The van der Waals surface area contributed by atoms with Crippen molar-refractivity contribution in [2.24, 2.45) is 0 Å². The third kappa shape index (κ3) is 1.88. The lowest BCUT2D eigenvalue weighted by Gasteiger charge is -2.02. The number of hydrogen-bond donors (Lipinski definition) is 1. The van der Waals surface area contributed by atoms with Crippen molar-refractivity contribution in [3.63, 3.8) is 0 Å². The summed E-state index contributed by atoms with van der Waals surface area (Å²) in [6.07, 6.45) is 1.68. The molecule has 0 spiro atoms. The Morgan fingerprint density at radius 1 is 1.38 bits per heavy atom. The monoisotopic (exact) mass is 218 g/mol. The second kappa shape index (κ2) is 4.30. The smallest absolute Gasteiger partial charge is 0.224 e. The van der Waals surface area contributed by atoms with E-state index in [4.69, 9.17) is 4.74 Å². The fourth-order valence-electron chi connectivity index (χ4n) is 1.38. The van der Waals surface area contributed by atoms with Gasteiger partial charge in [-0.3, -0.25) is 5.10 Å². The van der Waals surface area contributed by atoms with Crippen LogP contribution in [0.4, 0.5) is 0 Å². The van der Waals surface area contributed by atoms with Crippen LogP contribution >= 0.6 is 0 Å². The minimum absolute atomic E-state index is 0.323. The van der Waals surface area contributed by atoms with Gasteiger partial charge in [0.25, 0.3) is 0 Å². The van der Waals surface area contributed by atoms with Gasteiger partial charge in [-0.2, -0.15) is 5.10 Å². The number of aromatic nitrogens is 4. The van der Waals surface area contributed by atoms with E-state index in [0.29, 0.717) is 17.6 Å². The lowest BCUT2D eigenvalue weighted by Crippen LogP contribution is -1.92. The first kappa shape index (κ1) is 10.6. The highest BCUT2D eigenvalue weighted by Gasteiger charge is 2.12. The van der Waals surface area contributed by atoms with Gasteiger partial charge in [-0.05, 0) is 12.1 Å². The van der Waals surface area contributed by atoms with Crippen molar-refractivity contribution in [1.82, 2.24) is 20.2 Å². The second-order valence-corrected chi connectivity index (χ2v) is 3.76. The summed E-state index contributed by atoms with van der Waals surface area (Å²) in [5.74, 6) is 2.34. The molecule has 0 aliphatic heterocycles. The van der Waals surface area contributed by atoms with Crippen molar-refractivity contribution in [3.05, 3.63) is 24.2 Å². The maximum absolute atomic E-state index is 5.16. The molecule has 2 aromatic heterocycles. The fraction of sp³-hybridized carbons (Fsp3) is 0.364. The minimum atomic E-state index is 0.323. The number of hydrogen-bond acceptors (Lipinski definition) is 4. The molecule has 0 unspecified atom stereocenters. The van der Waals surface area contributed by atoms with Crippen LogP contribution in [0.5, 0.6) is 5.88 Å². The van der Waals surface area contributed by atoms with Gasteiger partial charge >= 0.3 is 0 Å². The molecule has 0 aliphatic carbocycles. The summed E-state index contributed by atoms with van der Waals surface area (Å²) >= 11 is 0. The molecule has 0 fully saturated rings. The van der Waals surface area contributed by atoms with Gasteiger partial charge in [0.05, 0.1) is 12.7 Å². The van der Waals surface area contributed by atoms with Crippen LogP contribution in [0.25, 0.3) is 11.4 Å². The zero-order chi connectivity index (χ0) is 11.5. The van der Waals surface area contributed by atoms with E-state index in [9.17, 15) is 0 Å². The van der Waals surface area contributed by atoms with Gasteiger partial charge in [-0.15, -0.1) is 0 Å². The molecule has 0 aromatic carbocycles. The maximum Gasteiger partial charge on any atom is 0.224 e. The molecule has 0 atom stereocenters. The molecule has 0 amide bonds. The van der Waals surface area contributed by atoms with E-state index >= 15 is 0 Å². The van der Waals surface area contributed by atoms with Gasteiger partial charge in [-0.1, -0.05) is 13.8 Å². The standard InChI is InChI=1S/C11H14N4O/c1-7(2)9-13-10(15-14-9)8-5-4-6-12-11(8)16-3/h4-7H,1-3H3,(H,13,14,15). The number of rotatable bonds is 3. The molecular formula is C11H14N4O. The van der Waals surface area contributed by atoms with Crippen LogP contribution in [0.2, 0.25) is 0 Å². The number of ether oxygens (including phenoxy) is 1. The Hall–Kier alpha value is -1.91. The lowest BCUT2D eigenvalue weighted by molar-refractivity contribution is 0.399. The molecule has 1 N–H and O–H groups in total. The van der Waals surface area contributed by atoms with Gasteiger partial charge in [0, 0.05) is 12.1 Å². The highest BCUT2D eigenvalue weighted by atomic mass is 16.5. The highest BCUT2D eigenvalue weighted by Crippen LogP contribution is 2.24. The molecule has 2 heterocycles. The van der Waals surface area contributed by atoms with Crippen LogP contribution in [0.15, 0.2) is 18.3 Å². The average molecular weight is 218 g/mol. The molecule has 5 heteroatoms. The van der Waals surface area contributed by atoms with Crippen LogP contribution in [-0.2, 0) is 0 Å². The summed E-state index contributed by atoms with van der Waals surface area (Å²) in [4.78, 5) is 8.51. The summed E-state index contributed by atoms with van der Waals surface area (Å²) in [5.41, 5.74) is 0.799. The Balaban J connectivity index is 2.42. The Morgan fingerprint density at radius 3 is 2.81 bits per heavy atom. The van der Waals surface area contributed by atoms with Crippen LogP contribution in [0, 0.1) is 0 Å². The predicted molar refractivity (Wildman–Crippen MR) is 60.3 cm³/mol. The van der Waals surface area contributed by atoms with Crippen LogP contribution < -0.4 is 4.74 Å². The molecule has 2 rings (SSSR count). The summed E-state index contributed by atoms with van der Waals surface area (Å²) in [6, 6.07) is 3.72. The summed E-state index contributed by atoms with van der Waals surface area (Å²) in [6.45, 7) is 4.12. The zero-order valence-electron chi connectivity index (χ0n) is 9.56. The van der Waals surface area contributed by atoms with Crippen molar-refractivity contribution in [2.75, 3.05) is 7.11 Å². The zero-order valence-corrected chi connectivity index (χ0v) is 9.56. The molecule has 2 aromatic rings. The van der Waals surface area contributed by atoms with Gasteiger partial charge < -0.3 is 4.74 Å². The first-order chi connectivity index (χ1) is 7.72. The van der Waals surface area contributed by atoms with E-state index in [1.54, 1.807) is 13.3 Å². The van der Waals surface area contributed by atoms with E-state index in [-0.39, 0.29) is 0 Å². The van der Waals surface area contributed by atoms with Crippen molar-refractivity contribution in [1.29, 1.82) is 0 Å². The Labute approximate surface area is 93.9 Å². The van der Waals surface area contributed by atoms with E-state index < -0.39 is 0 Å². The van der Waals surface area contributed by atoms with Crippen molar-refractivity contribution >= 4 is 0 Å². The van der Waals surface area contributed by atoms with Gasteiger partial charge in [-0.25, -0.2) is 9.97 Å². The molecule has 0 bridgehead atoms. The number of pyridine rings is 1. The van der Waals surface area contributed by atoms with Crippen LogP contribution in [-0.4, -0.2) is 27.3 Å². The topological polar surface area (TPSA) is 63.7 Å². The molecule has 16 heavy (non-hydrogen) atoms. The third-order valence-corrected chi connectivity index (χ3v) is 2.25. The Kier molecular flexibility index (Phi) is 2.85. The van der Waals surface area contributed by atoms with Gasteiger partial charge in [0.1, 0.15) is 5.82 Å². The van der Waals surface area contributed by atoms with Gasteiger partial charge in [0.15, 0.2) is 5.82 Å². The molecule has 0 aliphatic rings. The van der Waals surface area contributed by atoms with Gasteiger partial charge in [0.2, 0.25) is 5.88 Å². The minimum Gasteiger partial charge on any atom is -0.480 e. The highest BCUT2D eigenvalue weighted by molar-refractivity contribution is 5.60. The average Bonchev–Trinajstić information content (AvgIpc) is 2.78. The first-order valence-electron chi connectivity index (χ1n) is 5.14. The Morgan fingerprint density at radius 2 is 2.19 bits per heavy atom. The molecule has 0 saturated carbocycles. The number of aromatic amines is 1. The van der Waals surface area contributed by atoms with E-state index in [1.165, 1.54) is 0 Å². The van der Waals surface area contributed by atoms with E-state index in [2.05, 4.69) is 34.0 Å². The fourth-order valence-corrected chi connectivity index (χ4v) is 1.38. The summed E-state index contributed by atoms with van der Waals surface area (Å²) in [7, 11) is 1.59. The Bertz CT molecular complexity index is 478. The molecule has 84 valence electrons. The molecule has 0 saturated heterocycles. The normalized spacial score (nSPS) is 10.8. The predicted octanol–water partition coefficient (Wildman–Crippen LogP) is 2.00. The third-order valence-electron chi connectivity index (χ3n) is 2.25. The quantitative estimate of drug-likeness (QED) is 0.855. The molecular weight excluding hydrogens is 204 g/mol. The lowest BCUT2D eigenvalue weighted by atomic mass is 10.2. The van der Waals surface area contributed by atoms with E-state index in [1.807, 2.05) is 12.1 Å². The van der Waals surface area contributed by atoms with Crippen molar-refractivity contribution in [2.45, 2.75) is 19.8 Å². The van der Waals surface area contributed by atoms with Crippen LogP contribution in [0.3, 0.4) is 0 Å². The maximum atomic E-state index is 5.16.